The normalized spacial score (nSPS) is 13.4. The van der Waals surface area contributed by atoms with Crippen LogP contribution in [0.1, 0.15) is 30.5 Å². The molecule has 1 aliphatic carbocycles. The van der Waals surface area contributed by atoms with E-state index in [-0.39, 0.29) is 12.1 Å². The molecule has 2 aliphatic rings. The molecule has 0 saturated heterocycles. The Hall–Kier alpha value is -8.12. The first-order chi connectivity index (χ1) is 35.0. The van der Waals surface area contributed by atoms with Gasteiger partial charge in [0.05, 0.1) is 8.07 Å². The number of hydrogen-bond donors (Lipinski definition) is 0. The molecule has 0 saturated carbocycles. The molecule has 344 valence electrons. The number of ether oxygens (including phenoxy) is 1. The van der Waals surface area contributed by atoms with Gasteiger partial charge in [-0.05, 0) is 122 Å². The van der Waals surface area contributed by atoms with Crippen LogP contribution in [-0.4, -0.2) is 14.8 Å². The summed E-state index contributed by atoms with van der Waals surface area (Å²) in [6.07, 6.45) is 0. The van der Waals surface area contributed by atoms with Crippen molar-refractivity contribution in [2.24, 2.45) is 0 Å². The van der Waals surface area contributed by atoms with Gasteiger partial charge in [-0.1, -0.05) is 200 Å². The zero-order valence-corrected chi connectivity index (χ0v) is 42.5. The minimum atomic E-state index is -1.53. The third kappa shape index (κ3) is 6.50. The fraction of sp³-hybridized carbons (Fsp3) is 0.104. The van der Waals surface area contributed by atoms with Crippen molar-refractivity contribution < 1.29 is 9.15 Å². The maximum Gasteiger partial charge on any atom is 0.242 e. The van der Waals surface area contributed by atoms with Crippen LogP contribution in [0.3, 0.4) is 0 Å². The molecular weight excluding hydrogens is 890 g/mol. The van der Waals surface area contributed by atoms with Crippen molar-refractivity contribution >= 4 is 108 Å². The van der Waals surface area contributed by atoms with Crippen LogP contribution in [-0.2, 0) is 5.41 Å². The van der Waals surface area contributed by atoms with E-state index < -0.39 is 8.07 Å². The molecule has 0 N–H and O–H groups in total. The van der Waals surface area contributed by atoms with Crippen LogP contribution in [0.2, 0.25) is 19.6 Å². The van der Waals surface area contributed by atoms with Gasteiger partial charge in [-0.3, -0.25) is 0 Å². The van der Waals surface area contributed by atoms with Gasteiger partial charge in [0.1, 0.15) is 22.7 Å². The van der Waals surface area contributed by atoms with E-state index in [4.69, 9.17) is 9.15 Å². The highest BCUT2D eigenvalue weighted by atomic mass is 28.3. The van der Waals surface area contributed by atoms with Gasteiger partial charge in [-0.25, -0.2) is 0 Å². The zero-order valence-electron chi connectivity index (χ0n) is 41.5. The number of hydrogen-bond acceptors (Lipinski definition) is 3. The van der Waals surface area contributed by atoms with E-state index in [1.807, 2.05) is 6.07 Å². The number of furan rings is 1. The lowest BCUT2D eigenvalue weighted by Gasteiger charge is -2.30. The Labute approximate surface area is 422 Å². The Bertz CT molecular complexity index is 4220. The molecule has 5 heteroatoms. The average Bonchev–Trinajstić information content (AvgIpc) is 3.88. The summed E-state index contributed by atoms with van der Waals surface area (Å²) in [6, 6.07) is 76.8. The highest BCUT2D eigenvalue weighted by molar-refractivity contribution is 6.97. The number of nitrogens with zero attached hydrogens (tertiary/aromatic N) is 1. The van der Waals surface area contributed by atoms with Crippen molar-refractivity contribution in [1.82, 2.24) is 0 Å². The maximum atomic E-state index is 7.12. The second-order valence-corrected chi connectivity index (χ2v) is 26.8. The molecule has 14 rings (SSSR count). The van der Waals surface area contributed by atoms with E-state index in [0.717, 1.165) is 61.4 Å². The molecule has 2 heterocycles. The second-order valence-electron chi connectivity index (χ2n) is 21.7. The van der Waals surface area contributed by atoms with Crippen LogP contribution in [0, 0.1) is 6.92 Å². The second kappa shape index (κ2) is 15.7. The van der Waals surface area contributed by atoms with Crippen LogP contribution >= 0.6 is 0 Å². The fourth-order valence-corrected chi connectivity index (χ4v) is 13.5. The van der Waals surface area contributed by atoms with Crippen molar-refractivity contribution in [3.05, 3.63) is 223 Å². The Balaban J connectivity index is 0.941. The number of fused-ring (bicyclic) bond motifs is 12. The summed E-state index contributed by atoms with van der Waals surface area (Å²) in [5, 5.41) is 11.0. The van der Waals surface area contributed by atoms with Gasteiger partial charge in [-0.15, -0.1) is 0 Å². The van der Waals surface area contributed by atoms with Gasteiger partial charge < -0.3 is 14.1 Å². The summed E-state index contributed by atoms with van der Waals surface area (Å²) in [6.45, 7) is 14.1. The van der Waals surface area contributed by atoms with Crippen molar-refractivity contribution in [3.8, 4) is 33.8 Å². The standard InChI is InChI=1S/C67H52BNO2Si/c1-41-22-24-42(25-23-41)68(43-26-33-53-52-17-10-12-20-62(52)70-64(53)36-43)61-40-57-55-18-13-21-63-66(55)58(39-56(57)48-14-7-8-16-51(48)61)54-35-30-46(38-65(54)71-63)69(44-27-31-47(32-28-44)72(4,5)6)45-29-34-50-49-15-9-11-19-59(49)67(2,3)60(50)37-45/h7-40H,1-6H3. The monoisotopic (exact) mass is 941 g/mol. The molecule has 0 radical (unpaired) electrons. The van der Waals surface area contributed by atoms with E-state index in [1.54, 1.807) is 0 Å². The largest absolute Gasteiger partial charge is 0.456 e. The first-order valence-electron chi connectivity index (χ1n) is 25.3. The minimum absolute atomic E-state index is 0.0551. The van der Waals surface area contributed by atoms with Crippen molar-refractivity contribution in [2.75, 3.05) is 4.90 Å². The summed E-state index contributed by atoms with van der Waals surface area (Å²) in [7, 11) is -1.53. The Morgan fingerprint density at radius 3 is 1.88 bits per heavy atom. The average molecular weight is 942 g/mol. The Morgan fingerprint density at radius 2 is 1.07 bits per heavy atom. The van der Waals surface area contributed by atoms with Gasteiger partial charge >= 0.3 is 0 Å². The molecule has 1 aromatic heterocycles. The van der Waals surface area contributed by atoms with E-state index >= 15 is 0 Å². The zero-order chi connectivity index (χ0) is 48.6. The van der Waals surface area contributed by atoms with Gasteiger partial charge in [0.2, 0.25) is 6.71 Å². The van der Waals surface area contributed by atoms with Crippen LogP contribution < -0.4 is 31.2 Å². The van der Waals surface area contributed by atoms with Crippen LogP contribution in [0.5, 0.6) is 11.5 Å². The van der Waals surface area contributed by atoms with Crippen molar-refractivity contribution in [3.63, 3.8) is 0 Å². The quantitative estimate of drug-likeness (QED) is 0.118. The number of aryl methyl sites for hydroxylation is 1. The Kier molecular flexibility index (Phi) is 9.31. The van der Waals surface area contributed by atoms with Gasteiger partial charge in [-0.2, -0.15) is 0 Å². The molecular formula is C67H52BNO2Si. The number of rotatable bonds is 7. The van der Waals surface area contributed by atoms with Crippen molar-refractivity contribution in [1.29, 1.82) is 0 Å². The van der Waals surface area contributed by atoms with Gasteiger partial charge in [0.15, 0.2) is 0 Å². The molecule has 0 bridgehead atoms. The highest BCUT2D eigenvalue weighted by Crippen LogP contribution is 2.53. The van der Waals surface area contributed by atoms with Gasteiger partial charge in [0.25, 0.3) is 0 Å². The van der Waals surface area contributed by atoms with Gasteiger partial charge in [0, 0.05) is 50.3 Å². The molecule has 72 heavy (non-hydrogen) atoms. The van der Waals surface area contributed by atoms with E-state index in [1.165, 1.54) is 81.9 Å². The summed E-state index contributed by atoms with van der Waals surface area (Å²) >= 11 is 0. The minimum Gasteiger partial charge on any atom is -0.456 e. The van der Waals surface area contributed by atoms with Crippen LogP contribution in [0.15, 0.2) is 211 Å². The van der Waals surface area contributed by atoms with Crippen LogP contribution in [0.25, 0.3) is 76.5 Å². The molecule has 1 aliphatic heterocycles. The SMILES string of the molecule is Cc1ccc(B(c2ccc3c(c2)oc2ccccc23)c2cc3c4cccc5c4c(cc3c3ccccc23)-c2ccc(N(c3ccc([Si](C)(C)C)cc3)c3ccc4c(c3)C(C)(C)c3ccccc3-4)cc2O5)cc1. The maximum absolute atomic E-state index is 7.12. The van der Waals surface area contributed by atoms with Crippen molar-refractivity contribution in [2.45, 2.75) is 45.8 Å². The summed E-state index contributed by atoms with van der Waals surface area (Å²) < 4.78 is 13.6. The lowest BCUT2D eigenvalue weighted by molar-refractivity contribution is 0.487. The predicted molar refractivity (Wildman–Crippen MR) is 309 cm³/mol. The third-order valence-electron chi connectivity index (χ3n) is 16.0. The molecule has 0 unspecified atom stereocenters. The molecule has 11 aromatic carbocycles. The molecule has 3 nitrogen and oxygen atoms in total. The fourth-order valence-electron chi connectivity index (χ4n) is 12.3. The highest BCUT2D eigenvalue weighted by Gasteiger charge is 2.36. The Morgan fingerprint density at radius 1 is 0.431 bits per heavy atom. The molecule has 0 amide bonds. The molecule has 0 atom stereocenters. The molecule has 12 aromatic rings. The smallest absolute Gasteiger partial charge is 0.242 e. The first-order valence-corrected chi connectivity index (χ1v) is 28.8. The summed E-state index contributed by atoms with van der Waals surface area (Å²) in [5.41, 5.74) is 17.6. The predicted octanol–water partition coefficient (Wildman–Crippen LogP) is 16.0. The van der Waals surface area contributed by atoms with E-state index in [9.17, 15) is 0 Å². The topological polar surface area (TPSA) is 25.6 Å². The number of para-hydroxylation sites is 1. The summed E-state index contributed by atoms with van der Waals surface area (Å²) in [4.78, 5) is 2.42. The molecule has 0 fully saturated rings. The third-order valence-corrected chi connectivity index (χ3v) is 18.1. The lowest BCUT2D eigenvalue weighted by atomic mass is 9.36. The first kappa shape index (κ1) is 42.7. The van der Waals surface area contributed by atoms with Crippen LogP contribution in [0.4, 0.5) is 17.1 Å². The lowest BCUT2D eigenvalue weighted by Crippen LogP contribution is -2.52. The molecule has 0 spiro atoms. The number of anilines is 3. The number of benzene rings is 11. The van der Waals surface area contributed by atoms with E-state index in [2.05, 4.69) is 246 Å². The summed E-state index contributed by atoms with van der Waals surface area (Å²) in [5.74, 6) is 1.73. The van der Waals surface area contributed by atoms with E-state index in [0.29, 0.717) is 0 Å².